The van der Waals surface area contributed by atoms with Crippen molar-refractivity contribution in [3.8, 4) is 0 Å². The molecule has 118 valence electrons. The summed E-state index contributed by atoms with van der Waals surface area (Å²) in [6.07, 6.45) is 0. The number of nitrogens with zero attached hydrogens (tertiary/aromatic N) is 2. The number of benzene rings is 2. The number of para-hydroxylation sites is 1. The van der Waals surface area contributed by atoms with Crippen LogP contribution in [0.15, 0.2) is 48.5 Å². The van der Waals surface area contributed by atoms with E-state index >= 15 is 0 Å². The predicted octanol–water partition coefficient (Wildman–Crippen LogP) is 2.66. The fourth-order valence-corrected chi connectivity index (χ4v) is 2.08. The number of esters is 1. The Labute approximate surface area is 132 Å². The van der Waals surface area contributed by atoms with Crippen molar-refractivity contribution in [1.29, 1.82) is 0 Å². The van der Waals surface area contributed by atoms with Crippen molar-refractivity contribution in [3.05, 3.63) is 69.8 Å². The van der Waals surface area contributed by atoms with Gasteiger partial charge in [0, 0.05) is 24.7 Å². The number of nitro groups is 1. The quantitative estimate of drug-likeness (QED) is 0.491. The molecule has 2 aromatic carbocycles. The molecule has 0 heterocycles. The van der Waals surface area contributed by atoms with E-state index < -0.39 is 16.8 Å². The summed E-state index contributed by atoms with van der Waals surface area (Å²) in [5.74, 6) is -0.944. The molecule has 0 atom stereocenters. The van der Waals surface area contributed by atoms with Crippen LogP contribution < -0.4 is 4.90 Å². The van der Waals surface area contributed by atoms with Gasteiger partial charge in [-0.15, -0.1) is 0 Å². The zero-order valence-electron chi connectivity index (χ0n) is 12.6. The molecule has 2 aromatic rings. The van der Waals surface area contributed by atoms with Gasteiger partial charge in [0.05, 0.1) is 23.3 Å². The van der Waals surface area contributed by atoms with E-state index in [1.165, 1.54) is 43.3 Å². The van der Waals surface area contributed by atoms with Gasteiger partial charge >= 0.3 is 5.97 Å². The molecule has 2 rings (SSSR count). The van der Waals surface area contributed by atoms with Crippen LogP contribution in [0.2, 0.25) is 0 Å². The summed E-state index contributed by atoms with van der Waals surface area (Å²) in [4.78, 5) is 35.7. The molecular weight excluding hydrogens is 300 g/mol. The molecule has 0 bridgehead atoms. The van der Waals surface area contributed by atoms with Crippen molar-refractivity contribution < 1.29 is 19.2 Å². The number of carbonyl (C=O) groups excluding carboxylic acids is 2. The molecule has 0 saturated heterocycles. The van der Waals surface area contributed by atoms with Crippen LogP contribution in [0.25, 0.3) is 0 Å². The first-order valence-electron chi connectivity index (χ1n) is 6.65. The van der Waals surface area contributed by atoms with E-state index in [4.69, 9.17) is 4.74 Å². The minimum atomic E-state index is -0.552. The average molecular weight is 314 g/mol. The standard InChI is InChI=1S/C16H14N2O5/c1-17(14-6-4-3-5-13(14)16(20)23-2)15(19)11-7-9-12(10-8-11)18(21)22/h3-10H,1-2H3. The van der Waals surface area contributed by atoms with Crippen LogP contribution >= 0.6 is 0 Å². The number of amides is 1. The van der Waals surface area contributed by atoms with Crippen molar-refractivity contribution >= 4 is 23.3 Å². The van der Waals surface area contributed by atoms with Gasteiger partial charge in [0.25, 0.3) is 11.6 Å². The van der Waals surface area contributed by atoms with E-state index in [9.17, 15) is 19.7 Å². The zero-order chi connectivity index (χ0) is 17.0. The Bertz CT molecular complexity index is 755. The van der Waals surface area contributed by atoms with E-state index in [-0.39, 0.29) is 16.8 Å². The first-order chi connectivity index (χ1) is 11.0. The summed E-state index contributed by atoms with van der Waals surface area (Å²) in [7, 11) is 2.78. The number of nitro benzene ring substituents is 1. The van der Waals surface area contributed by atoms with Gasteiger partial charge in [-0.05, 0) is 24.3 Å². The lowest BCUT2D eigenvalue weighted by Gasteiger charge is -2.19. The summed E-state index contributed by atoms with van der Waals surface area (Å²) in [5, 5.41) is 10.6. The molecule has 0 N–H and O–H groups in total. The van der Waals surface area contributed by atoms with Crippen LogP contribution in [0, 0.1) is 10.1 Å². The first kappa shape index (κ1) is 16.2. The third-order valence-electron chi connectivity index (χ3n) is 3.30. The summed E-state index contributed by atoms with van der Waals surface area (Å²) < 4.78 is 4.70. The monoisotopic (exact) mass is 314 g/mol. The third-order valence-corrected chi connectivity index (χ3v) is 3.30. The topological polar surface area (TPSA) is 89.8 Å². The Balaban J connectivity index is 2.33. The Morgan fingerprint density at radius 3 is 2.26 bits per heavy atom. The van der Waals surface area contributed by atoms with Crippen LogP contribution in [0.1, 0.15) is 20.7 Å². The van der Waals surface area contributed by atoms with Crippen LogP contribution in [-0.4, -0.2) is 31.0 Å². The van der Waals surface area contributed by atoms with Crippen LogP contribution in [0.4, 0.5) is 11.4 Å². The molecule has 0 spiro atoms. The van der Waals surface area contributed by atoms with Gasteiger partial charge in [0.1, 0.15) is 0 Å². The third kappa shape index (κ3) is 3.34. The molecule has 23 heavy (non-hydrogen) atoms. The summed E-state index contributed by atoms with van der Waals surface area (Å²) in [5.41, 5.74) is 0.826. The number of rotatable bonds is 4. The normalized spacial score (nSPS) is 10.0. The Hall–Kier alpha value is -3.22. The molecule has 0 radical (unpaired) electrons. The van der Waals surface area contributed by atoms with Crippen molar-refractivity contribution in [3.63, 3.8) is 0 Å². The number of carbonyl (C=O) groups is 2. The van der Waals surface area contributed by atoms with Gasteiger partial charge in [-0.1, -0.05) is 12.1 Å². The lowest BCUT2D eigenvalue weighted by Crippen LogP contribution is -2.28. The molecule has 0 aliphatic carbocycles. The second-order valence-corrected chi connectivity index (χ2v) is 4.68. The molecule has 0 aliphatic rings. The smallest absolute Gasteiger partial charge is 0.339 e. The molecule has 0 fully saturated rings. The SMILES string of the molecule is COC(=O)c1ccccc1N(C)C(=O)c1ccc([N+](=O)[O-])cc1. The van der Waals surface area contributed by atoms with Gasteiger partial charge in [0.2, 0.25) is 0 Å². The minimum absolute atomic E-state index is 0.0980. The highest BCUT2D eigenvalue weighted by molar-refractivity contribution is 6.09. The predicted molar refractivity (Wildman–Crippen MR) is 83.6 cm³/mol. The Morgan fingerprint density at radius 1 is 1.09 bits per heavy atom. The summed E-state index contributed by atoms with van der Waals surface area (Å²) in [6, 6.07) is 11.8. The van der Waals surface area contributed by atoms with Crippen LogP contribution in [-0.2, 0) is 4.74 Å². The first-order valence-corrected chi connectivity index (χ1v) is 6.65. The van der Waals surface area contributed by atoms with Crippen molar-refractivity contribution in [1.82, 2.24) is 0 Å². The van der Waals surface area contributed by atoms with Crippen molar-refractivity contribution in [2.45, 2.75) is 0 Å². The number of hydrogen-bond acceptors (Lipinski definition) is 5. The average Bonchev–Trinajstić information content (AvgIpc) is 2.59. The number of non-ortho nitro benzene ring substituents is 1. The zero-order valence-corrected chi connectivity index (χ0v) is 12.6. The van der Waals surface area contributed by atoms with Gasteiger partial charge in [-0.3, -0.25) is 14.9 Å². The highest BCUT2D eigenvalue weighted by Crippen LogP contribution is 2.22. The van der Waals surface area contributed by atoms with Gasteiger partial charge < -0.3 is 9.64 Å². The summed E-state index contributed by atoms with van der Waals surface area (Å²) in [6.45, 7) is 0. The molecule has 7 nitrogen and oxygen atoms in total. The highest BCUT2D eigenvalue weighted by Gasteiger charge is 2.20. The molecule has 0 aromatic heterocycles. The van der Waals surface area contributed by atoms with Crippen molar-refractivity contribution in [2.24, 2.45) is 0 Å². The molecule has 0 unspecified atom stereocenters. The maximum Gasteiger partial charge on any atom is 0.339 e. The number of methoxy groups -OCH3 is 1. The van der Waals surface area contributed by atoms with E-state index in [2.05, 4.69) is 0 Å². The molecular formula is C16H14N2O5. The van der Waals surface area contributed by atoms with E-state index in [0.29, 0.717) is 5.69 Å². The minimum Gasteiger partial charge on any atom is -0.465 e. The summed E-state index contributed by atoms with van der Waals surface area (Å²) >= 11 is 0. The van der Waals surface area contributed by atoms with Gasteiger partial charge in [0.15, 0.2) is 0 Å². The second kappa shape index (κ2) is 6.69. The van der Waals surface area contributed by atoms with Gasteiger partial charge in [-0.2, -0.15) is 0 Å². The van der Waals surface area contributed by atoms with Crippen LogP contribution in [0.3, 0.4) is 0 Å². The number of ether oxygens (including phenoxy) is 1. The van der Waals surface area contributed by atoms with E-state index in [1.54, 1.807) is 24.3 Å². The maximum atomic E-state index is 12.5. The largest absolute Gasteiger partial charge is 0.465 e. The number of hydrogen-bond donors (Lipinski definition) is 0. The highest BCUT2D eigenvalue weighted by atomic mass is 16.6. The van der Waals surface area contributed by atoms with Crippen LogP contribution in [0.5, 0.6) is 0 Å². The van der Waals surface area contributed by atoms with E-state index in [0.717, 1.165) is 0 Å². The second-order valence-electron chi connectivity index (χ2n) is 4.68. The molecule has 7 heteroatoms. The Morgan fingerprint density at radius 2 is 1.70 bits per heavy atom. The van der Waals surface area contributed by atoms with E-state index in [1.807, 2.05) is 0 Å². The fourth-order valence-electron chi connectivity index (χ4n) is 2.08. The van der Waals surface area contributed by atoms with Crippen molar-refractivity contribution in [2.75, 3.05) is 19.1 Å². The number of anilines is 1. The lowest BCUT2D eigenvalue weighted by atomic mass is 10.1. The molecule has 0 saturated carbocycles. The fraction of sp³-hybridized carbons (Fsp3) is 0.125. The lowest BCUT2D eigenvalue weighted by molar-refractivity contribution is -0.384. The molecule has 1 amide bonds. The van der Waals surface area contributed by atoms with Gasteiger partial charge in [-0.25, -0.2) is 4.79 Å². The Kier molecular flexibility index (Phi) is 4.70. The maximum absolute atomic E-state index is 12.5. The molecule has 0 aliphatic heterocycles.